The first-order valence-electron chi connectivity index (χ1n) is 20.7. The van der Waals surface area contributed by atoms with Crippen molar-refractivity contribution < 1.29 is 33.5 Å². The second kappa shape index (κ2) is 37.0. The van der Waals surface area contributed by atoms with Crippen LogP contribution < -0.4 is 11.1 Å². The maximum atomic E-state index is 12.8. The third-order valence-corrected chi connectivity index (χ3v) is 9.98. The van der Waals surface area contributed by atoms with Gasteiger partial charge in [-0.25, -0.2) is 4.57 Å². The van der Waals surface area contributed by atoms with E-state index in [0.29, 0.717) is 12.8 Å². The number of aliphatic hydroxyl groups excluding tert-OH is 2. The first-order chi connectivity index (χ1) is 24.8. The van der Waals surface area contributed by atoms with Crippen molar-refractivity contribution in [2.45, 2.75) is 199 Å². The minimum atomic E-state index is -4.41. The number of amides is 1. The molecule has 51 heavy (non-hydrogen) atoms. The van der Waals surface area contributed by atoms with E-state index in [0.717, 1.165) is 44.9 Å². The van der Waals surface area contributed by atoms with Crippen LogP contribution in [0, 0.1) is 0 Å². The van der Waals surface area contributed by atoms with Crippen LogP contribution in [0.2, 0.25) is 0 Å². The van der Waals surface area contributed by atoms with Gasteiger partial charge in [-0.05, 0) is 57.8 Å². The maximum absolute atomic E-state index is 12.8. The number of unbranched alkanes of at least 4 members (excludes halogenated alkanes) is 20. The number of carbonyl (C=O) groups excluding carboxylic acids is 1. The summed E-state index contributed by atoms with van der Waals surface area (Å²) in [7, 11) is -4.41. The molecule has 0 spiro atoms. The number of phosphoric ester groups is 1. The van der Waals surface area contributed by atoms with Crippen molar-refractivity contribution >= 4 is 13.7 Å². The zero-order valence-corrected chi connectivity index (χ0v) is 33.6. The molecule has 0 aliphatic rings. The summed E-state index contributed by atoms with van der Waals surface area (Å²) in [5.74, 6) is -0.466. The van der Waals surface area contributed by atoms with Crippen LogP contribution in [0.15, 0.2) is 36.5 Å². The maximum Gasteiger partial charge on any atom is 0.472 e. The van der Waals surface area contributed by atoms with E-state index in [1.165, 1.54) is 103 Å². The van der Waals surface area contributed by atoms with Crippen molar-refractivity contribution in [1.82, 2.24) is 5.32 Å². The molecule has 4 atom stereocenters. The predicted octanol–water partition coefficient (Wildman–Crippen LogP) is 10.1. The van der Waals surface area contributed by atoms with Crippen molar-refractivity contribution in [2.75, 3.05) is 19.8 Å². The molecule has 0 heterocycles. The molecule has 10 heteroatoms. The first-order valence-corrected chi connectivity index (χ1v) is 22.2. The monoisotopic (exact) mass is 743 g/mol. The molecule has 9 nitrogen and oxygen atoms in total. The molecule has 0 aromatic rings. The van der Waals surface area contributed by atoms with E-state index in [4.69, 9.17) is 14.8 Å². The first kappa shape index (κ1) is 49.7. The van der Waals surface area contributed by atoms with Crippen molar-refractivity contribution in [1.29, 1.82) is 0 Å². The Hall–Kier alpha value is -1.32. The van der Waals surface area contributed by atoms with Gasteiger partial charge in [0, 0.05) is 6.54 Å². The smallest absolute Gasteiger partial charge is 0.393 e. The van der Waals surface area contributed by atoms with Crippen molar-refractivity contribution in [2.24, 2.45) is 5.73 Å². The van der Waals surface area contributed by atoms with Gasteiger partial charge < -0.3 is 26.2 Å². The molecule has 0 radical (unpaired) electrons. The summed E-state index contributed by atoms with van der Waals surface area (Å²) in [6.07, 6.45) is 39.4. The third-order valence-electron chi connectivity index (χ3n) is 8.99. The fourth-order valence-corrected chi connectivity index (χ4v) is 6.59. The standard InChI is InChI=1S/C41H79N2O7P/c1-3-5-7-9-11-13-15-17-19-21-23-25-27-29-31-33-40(45)39(37-50-51(47,48)49-35-34-42)43-41(46)36-38(44)32-30-28-26-24-22-20-18-16-14-12-10-8-6-4-2/h20,22-23,25,31,33,38-40,44-45H,3-19,21,24,26-30,32,34-37,42H2,1-2H3,(H,43,46)(H,47,48)/b22-20-,25-23+,33-31+. The zero-order chi connectivity index (χ0) is 37.7. The Morgan fingerprint density at radius 1 is 0.667 bits per heavy atom. The average Bonchev–Trinajstić information content (AvgIpc) is 3.10. The molecular weight excluding hydrogens is 663 g/mol. The summed E-state index contributed by atoms with van der Waals surface area (Å²) in [4.78, 5) is 22.7. The van der Waals surface area contributed by atoms with Gasteiger partial charge in [0.25, 0.3) is 0 Å². The van der Waals surface area contributed by atoms with Gasteiger partial charge in [-0.1, -0.05) is 153 Å². The molecular formula is C41H79N2O7P. The Morgan fingerprint density at radius 2 is 1.12 bits per heavy atom. The van der Waals surface area contributed by atoms with Crippen LogP contribution in [0.5, 0.6) is 0 Å². The minimum absolute atomic E-state index is 0.0426. The second-order valence-corrected chi connectivity index (χ2v) is 15.5. The fourth-order valence-electron chi connectivity index (χ4n) is 5.83. The molecule has 300 valence electrons. The number of nitrogens with one attached hydrogen (secondary N) is 1. The summed E-state index contributed by atoms with van der Waals surface area (Å²) < 4.78 is 22.0. The van der Waals surface area contributed by atoms with Crippen LogP contribution in [0.25, 0.3) is 0 Å². The number of hydrogen-bond donors (Lipinski definition) is 5. The van der Waals surface area contributed by atoms with E-state index in [-0.39, 0.29) is 19.6 Å². The lowest BCUT2D eigenvalue weighted by Gasteiger charge is -2.24. The second-order valence-electron chi connectivity index (χ2n) is 14.0. The largest absolute Gasteiger partial charge is 0.472 e. The molecule has 4 unspecified atom stereocenters. The van der Waals surface area contributed by atoms with Gasteiger partial charge in [0.15, 0.2) is 0 Å². The van der Waals surface area contributed by atoms with Crippen molar-refractivity contribution in [3.63, 3.8) is 0 Å². The Morgan fingerprint density at radius 3 is 1.63 bits per heavy atom. The summed E-state index contributed by atoms with van der Waals surface area (Å²) in [5, 5.41) is 23.9. The average molecular weight is 743 g/mol. The van der Waals surface area contributed by atoms with E-state index >= 15 is 0 Å². The quantitative estimate of drug-likeness (QED) is 0.0238. The third kappa shape index (κ3) is 35.5. The van der Waals surface area contributed by atoms with Crippen LogP contribution in [0.3, 0.4) is 0 Å². The molecule has 0 aliphatic carbocycles. The number of aliphatic hydroxyl groups is 2. The normalized spacial score (nSPS) is 15.2. The van der Waals surface area contributed by atoms with Gasteiger partial charge in [0.1, 0.15) is 0 Å². The predicted molar refractivity (Wildman–Crippen MR) is 214 cm³/mol. The summed E-state index contributed by atoms with van der Waals surface area (Å²) in [6.45, 7) is 3.92. The lowest BCUT2D eigenvalue weighted by Crippen LogP contribution is -2.46. The number of rotatable bonds is 38. The molecule has 0 aromatic heterocycles. The molecule has 6 N–H and O–H groups in total. The highest BCUT2D eigenvalue weighted by Crippen LogP contribution is 2.43. The van der Waals surface area contributed by atoms with Crippen LogP contribution in [-0.4, -0.2) is 59.0 Å². The zero-order valence-electron chi connectivity index (χ0n) is 32.7. The number of nitrogens with two attached hydrogens (primary N) is 1. The van der Waals surface area contributed by atoms with Gasteiger partial charge in [0.2, 0.25) is 5.91 Å². The van der Waals surface area contributed by atoms with E-state index < -0.39 is 38.6 Å². The van der Waals surface area contributed by atoms with Gasteiger partial charge in [0.05, 0.1) is 37.9 Å². The van der Waals surface area contributed by atoms with Crippen LogP contribution in [-0.2, 0) is 18.4 Å². The highest BCUT2D eigenvalue weighted by Gasteiger charge is 2.27. The Kier molecular flexibility index (Phi) is 36.1. The number of phosphoric acid groups is 1. The fraction of sp³-hybridized carbons (Fsp3) is 0.829. The van der Waals surface area contributed by atoms with Gasteiger partial charge in [-0.3, -0.25) is 13.8 Å². The summed E-state index contributed by atoms with van der Waals surface area (Å²) in [5.41, 5.74) is 5.35. The van der Waals surface area contributed by atoms with Crippen LogP contribution in [0.4, 0.5) is 0 Å². The lowest BCUT2D eigenvalue weighted by molar-refractivity contribution is -0.124. The Labute approximate surface area is 312 Å². The van der Waals surface area contributed by atoms with E-state index in [1.807, 2.05) is 6.08 Å². The highest BCUT2D eigenvalue weighted by atomic mass is 31.2. The molecule has 0 saturated carbocycles. The topological polar surface area (TPSA) is 151 Å². The Balaban J connectivity index is 4.45. The highest BCUT2D eigenvalue weighted by molar-refractivity contribution is 7.47. The molecule has 0 saturated heterocycles. The van der Waals surface area contributed by atoms with E-state index in [9.17, 15) is 24.5 Å². The minimum Gasteiger partial charge on any atom is -0.393 e. The number of carbonyl (C=O) groups is 1. The van der Waals surface area contributed by atoms with Crippen LogP contribution >= 0.6 is 7.82 Å². The van der Waals surface area contributed by atoms with Crippen molar-refractivity contribution in [3.8, 4) is 0 Å². The summed E-state index contributed by atoms with van der Waals surface area (Å²) in [6, 6.07) is -1.00. The SMILES string of the molecule is CCCCCCCCC/C=C\CCCCCC(O)CC(=O)NC(COP(=O)(O)OCCN)C(O)/C=C/CC/C=C/CCCCCCCCCCC. The lowest BCUT2D eigenvalue weighted by atomic mass is 10.1. The molecule has 1 amide bonds. The molecule has 0 fully saturated rings. The van der Waals surface area contributed by atoms with Crippen molar-refractivity contribution in [3.05, 3.63) is 36.5 Å². The molecule has 0 rings (SSSR count). The number of hydrogen-bond acceptors (Lipinski definition) is 7. The van der Waals surface area contributed by atoms with E-state index in [1.54, 1.807) is 6.08 Å². The summed E-state index contributed by atoms with van der Waals surface area (Å²) >= 11 is 0. The number of allylic oxidation sites excluding steroid dienone is 5. The molecule has 0 aromatic carbocycles. The van der Waals surface area contributed by atoms with Gasteiger partial charge in [-0.15, -0.1) is 0 Å². The van der Waals surface area contributed by atoms with Gasteiger partial charge >= 0.3 is 7.82 Å². The van der Waals surface area contributed by atoms with Crippen LogP contribution in [0.1, 0.15) is 181 Å². The molecule has 0 bridgehead atoms. The van der Waals surface area contributed by atoms with Gasteiger partial charge in [-0.2, -0.15) is 0 Å². The molecule has 0 aliphatic heterocycles. The van der Waals surface area contributed by atoms with E-state index in [2.05, 4.69) is 43.5 Å². The Bertz CT molecular complexity index is 914.